The number of nitrogens with one attached hydrogen (secondary N) is 2. The lowest BCUT2D eigenvalue weighted by Gasteiger charge is -2.07. The van der Waals surface area contributed by atoms with Crippen molar-refractivity contribution in [3.63, 3.8) is 0 Å². The van der Waals surface area contributed by atoms with Crippen LogP contribution < -0.4 is 11.1 Å². The molecular formula is C13H15N5O2. The molecule has 20 heavy (non-hydrogen) atoms. The number of benzene rings is 1. The van der Waals surface area contributed by atoms with Crippen LogP contribution in [0.4, 0.5) is 5.82 Å². The van der Waals surface area contributed by atoms with Gasteiger partial charge in [0.15, 0.2) is 5.84 Å². The van der Waals surface area contributed by atoms with Crippen LogP contribution in [0.25, 0.3) is 0 Å². The molecule has 5 N–H and O–H groups in total. The van der Waals surface area contributed by atoms with Gasteiger partial charge < -0.3 is 16.3 Å². The van der Waals surface area contributed by atoms with E-state index in [9.17, 15) is 4.79 Å². The lowest BCUT2D eigenvalue weighted by Crippen LogP contribution is -2.18. The minimum atomic E-state index is -0.298. The van der Waals surface area contributed by atoms with E-state index in [0.29, 0.717) is 11.1 Å². The van der Waals surface area contributed by atoms with Crippen molar-refractivity contribution in [2.75, 3.05) is 5.32 Å². The standard InChI is InChI=1S/C13H15N5O2/c1-7-3-8(2)5-9(4-7)13(19)16-12-10(6-15-17-12)11(14)18-20/h3-6,20H,1-2H3,(H2,14,18)(H2,15,16,17,19). The van der Waals surface area contributed by atoms with Crippen LogP contribution in [-0.2, 0) is 0 Å². The summed E-state index contributed by atoms with van der Waals surface area (Å²) in [4.78, 5) is 12.2. The molecule has 0 aliphatic carbocycles. The number of aromatic nitrogens is 2. The molecule has 1 aromatic carbocycles. The molecule has 1 amide bonds. The normalized spacial score (nSPS) is 11.4. The van der Waals surface area contributed by atoms with E-state index in [-0.39, 0.29) is 17.6 Å². The quantitative estimate of drug-likeness (QED) is 0.292. The van der Waals surface area contributed by atoms with Crippen LogP contribution in [0.1, 0.15) is 27.0 Å². The van der Waals surface area contributed by atoms with Crippen LogP contribution in [0.15, 0.2) is 29.6 Å². The summed E-state index contributed by atoms with van der Waals surface area (Å²) in [5.74, 6) is -0.146. The largest absolute Gasteiger partial charge is 0.409 e. The van der Waals surface area contributed by atoms with E-state index in [4.69, 9.17) is 10.9 Å². The summed E-state index contributed by atoms with van der Waals surface area (Å²) < 4.78 is 0. The SMILES string of the molecule is Cc1cc(C)cc(C(=O)Nc2[nH]ncc2C(N)=NO)c1. The maximum atomic E-state index is 12.2. The Morgan fingerprint density at radius 3 is 2.60 bits per heavy atom. The van der Waals surface area contributed by atoms with Gasteiger partial charge >= 0.3 is 0 Å². The van der Waals surface area contributed by atoms with Crippen molar-refractivity contribution in [1.82, 2.24) is 10.2 Å². The zero-order valence-corrected chi connectivity index (χ0v) is 11.1. The second-order valence-corrected chi connectivity index (χ2v) is 4.47. The van der Waals surface area contributed by atoms with Gasteiger partial charge in [0.05, 0.1) is 11.8 Å². The number of aryl methyl sites for hydroxylation is 2. The highest BCUT2D eigenvalue weighted by molar-refractivity contribution is 6.09. The molecule has 7 heteroatoms. The first-order valence-electron chi connectivity index (χ1n) is 5.92. The number of nitrogens with two attached hydrogens (primary N) is 1. The van der Waals surface area contributed by atoms with Crippen LogP contribution in [0.2, 0.25) is 0 Å². The molecule has 0 radical (unpaired) electrons. The topological polar surface area (TPSA) is 116 Å². The van der Waals surface area contributed by atoms with Crippen LogP contribution >= 0.6 is 0 Å². The predicted octanol–water partition coefficient (Wildman–Crippen LogP) is 1.37. The lowest BCUT2D eigenvalue weighted by molar-refractivity contribution is 0.102. The average Bonchev–Trinajstić information content (AvgIpc) is 2.84. The van der Waals surface area contributed by atoms with Gasteiger partial charge in [0.1, 0.15) is 5.82 Å². The van der Waals surface area contributed by atoms with Crippen molar-refractivity contribution in [3.8, 4) is 0 Å². The Kier molecular flexibility index (Phi) is 3.69. The second-order valence-electron chi connectivity index (χ2n) is 4.47. The number of carbonyl (C=O) groups is 1. The van der Waals surface area contributed by atoms with E-state index in [1.165, 1.54) is 6.20 Å². The molecule has 0 saturated heterocycles. The Balaban J connectivity index is 2.26. The third-order valence-electron chi connectivity index (χ3n) is 2.75. The number of amides is 1. The third-order valence-corrected chi connectivity index (χ3v) is 2.75. The molecule has 104 valence electrons. The molecule has 0 spiro atoms. The predicted molar refractivity (Wildman–Crippen MR) is 75.0 cm³/mol. The number of nitrogens with zero attached hydrogens (tertiary/aromatic N) is 2. The van der Waals surface area contributed by atoms with Gasteiger partial charge in [-0.05, 0) is 26.0 Å². The highest BCUT2D eigenvalue weighted by Crippen LogP contribution is 2.14. The van der Waals surface area contributed by atoms with E-state index in [0.717, 1.165) is 11.1 Å². The fraction of sp³-hybridized carbons (Fsp3) is 0.154. The third kappa shape index (κ3) is 2.77. The molecule has 0 saturated carbocycles. The van der Waals surface area contributed by atoms with Gasteiger partial charge in [0, 0.05) is 5.56 Å². The summed E-state index contributed by atoms with van der Waals surface area (Å²) in [6.45, 7) is 3.84. The first-order valence-corrected chi connectivity index (χ1v) is 5.92. The van der Waals surface area contributed by atoms with Gasteiger partial charge in [-0.15, -0.1) is 0 Å². The van der Waals surface area contributed by atoms with Crippen molar-refractivity contribution in [2.24, 2.45) is 10.9 Å². The summed E-state index contributed by atoms with van der Waals surface area (Å²) in [6.07, 6.45) is 1.37. The number of aromatic amines is 1. The smallest absolute Gasteiger partial charge is 0.256 e. The van der Waals surface area contributed by atoms with Gasteiger partial charge in [0.25, 0.3) is 5.91 Å². The summed E-state index contributed by atoms with van der Waals surface area (Å²) in [6, 6.07) is 5.54. The Bertz CT molecular complexity index is 655. The molecule has 0 aliphatic rings. The monoisotopic (exact) mass is 273 g/mol. The second kappa shape index (κ2) is 5.43. The number of carbonyl (C=O) groups excluding carboxylic acids is 1. The van der Waals surface area contributed by atoms with Crippen LogP contribution in [-0.4, -0.2) is 27.1 Å². The Hall–Kier alpha value is -2.83. The molecule has 0 bridgehead atoms. The highest BCUT2D eigenvalue weighted by Gasteiger charge is 2.14. The number of anilines is 1. The highest BCUT2D eigenvalue weighted by atomic mass is 16.4. The first-order chi connectivity index (χ1) is 9.51. The zero-order chi connectivity index (χ0) is 14.7. The lowest BCUT2D eigenvalue weighted by atomic mass is 10.1. The average molecular weight is 273 g/mol. The molecule has 0 aliphatic heterocycles. The molecule has 2 aromatic rings. The van der Waals surface area contributed by atoms with Crippen molar-refractivity contribution in [2.45, 2.75) is 13.8 Å². The van der Waals surface area contributed by atoms with Gasteiger partial charge in [-0.25, -0.2) is 0 Å². The van der Waals surface area contributed by atoms with Crippen LogP contribution in [0, 0.1) is 13.8 Å². The van der Waals surface area contributed by atoms with E-state index in [1.54, 1.807) is 12.1 Å². The molecule has 1 heterocycles. The van der Waals surface area contributed by atoms with Crippen molar-refractivity contribution < 1.29 is 10.0 Å². The van der Waals surface area contributed by atoms with Crippen molar-refractivity contribution >= 4 is 17.6 Å². The van der Waals surface area contributed by atoms with Crippen LogP contribution in [0.5, 0.6) is 0 Å². The fourth-order valence-electron chi connectivity index (χ4n) is 1.92. The van der Waals surface area contributed by atoms with E-state index in [1.807, 2.05) is 19.9 Å². The first kappa shape index (κ1) is 13.6. The van der Waals surface area contributed by atoms with Gasteiger partial charge in [-0.2, -0.15) is 5.10 Å². The van der Waals surface area contributed by atoms with Gasteiger partial charge in [-0.1, -0.05) is 22.3 Å². The number of amidine groups is 1. The Morgan fingerprint density at radius 2 is 2.00 bits per heavy atom. The molecular weight excluding hydrogens is 258 g/mol. The van der Waals surface area contributed by atoms with Gasteiger partial charge in [-0.3, -0.25) is 9.89 Å². The van der Waals surface area contributed by atoms with E-state index >= 15 is 0 Å². The number of oxime groups is 1. The Morgan fingerprint density at radius 1 is 1.35 bits per heavy atom. The van der Waals surface area contributed by atoms with E-state index < -0.39 is 0 Å². The maximum Gasteiger partial charge on any atom is 0.256 e. The molecule has 2 rings (SSSR count). The van der Waals surface area contributed by atoms with Crippen molar-refractivity contribution in [1.29, 1.82) is 0 Å². The maximum absolute atomic E-state index is 12.2. The Labute approximate surface area is 115 Å². The number of rotatable bonds is 3. The summed E-state index contributed by atoms with van der Waals surface area (Å²) in [5, 5.41) is 20.6. The number of hydrogen-bond acceptors (Lipinski definition) is 4. The minimum absolute atomic E-state index is 0.130. The summed E-state index contributed by atoms with van der Waals surface area (Å²) >= 11 is 0. The molecule has 0 fully saturated rings. The number of hydrogen-bond donors (Lipinski definition) is 4. The molecule has 0 unspecified atom stereocenters. The number of H-pyrrole nitrogens is 1. The molecule has 0 atom stereocenters. The minimum Gasteiger partial charge on any atom is -0.409 e. The fourth-order valence-corrected chi connectivity index (χ4v) is 1.92. The summed E-state index contributed by atoms with van der Waals surface area (Å²) in [7, 11) is 0. The van der Waals surface area contributed by atoms with Gasteiger partial charge in [0.2, 0.25) is 0 Å². The van der Waals surface area contributed by atoms with E-state index in [2.05, 4.69) is 20.7 Å². The molecule has 1 aromatic heterocycles. The van der Waals surface area contributed by atoms with Crippen LogP contribution in [0.3, 0.4) is 0 Å². The summed E-state index contributed by atoms with van der Waals surface area (Å²) in [5.41, 5.74) is 8.34. The zero-order valence-electron chi connectivity index (χ0n) is 11.1. The van der Waals surface area contributed by atoms with Crippen molar-refractivity contribution in [3.05, 3.63) is 46.6 Å². The molecule has 7 nitrogen and oxygen atoms in total.